The molecule has 1 aromatic rings. The highest BCUT2D eigenvalue weighted by atomic mass is 16.5. The summed E-state index contributed by atoms with van der Waals surface area (Å²) in [6, 6.07) is 7.58. The Morgan fingerprint density at radius 2 is 1.78 bits per heavy atom. The van der Waals surface area contributed by atoms with E-state index < -0.39 is 0 Å². The molecule has 0 heterocycles. The molecule has 3 fully saturated rings. The zero-order chi connectivity index (χ0) is 29.2. The first-order chi connectivity index (χ1) is 19.7. The second-order valence-corrected chi connectivity index (χ2v) is 15.3. The lowest BCUT2D eigenvalue weighted by Gasteiger charge is -2.58. The van der Waals surface area contributed by atoms with Crippen LogP contribution in [0.5, 0.6) is 5.75 Å². The molecule has 0 radical (unpaired) electrons. The van der Waals surface area contributed by atoms with Crippen molar-refractivity contribution in [3.8, 4) is 5.75 Å². The van der Waals surface area contributed by atoms with E-state index in [0.717, 1.165) is 67.6 Å². The Bertz CT molecular complexity index is 1070. The van der Waals surface area contributed by atoms with Crippen LogP contribution in [0.2, 0.25) is 0 Å². The number of hydrogen-bond donors (Lipinski definition) is 0. The van der Waals surface area contributed by atoms with Gasteiger partial charge in [-0.05, 0) is 110 Å². The van der Waals surface area contributed by atoms with Crippen molar-refractivity contribution in [3.05, 3.63) is 41.5 Å². The van der Waals surface area contributed by atoms with Gasteiger partial charge in [-0.1, -0.05) is 91.0 Å². The molecule has 0 N–H and O–H groups in total. The van der Waals surface area contributed by atoms with Crippen molar-refractivity contribution in [1.82, 2.24) is 0 Å². The summed E-state index contributed by atoms with van der Waals surface area (Å²) in [7, 11) is 0. The van der Waals surface area contributed by atoms with E-state index in [1.54, 1.807) is 5.57 Å². The van der Waals surface area contributed by atoms with Crippen LogP contribution in [-0.2, 0) is 4.74 Å². The van der Waals surface area contributed by atoms with Crippen LogP contribution in [0.15, 0.2) is 35.9 Å². The van der Waals surface area contributed by atoms with Crippen LogP contribution in [0.3, 0.4) is 0 Å². The maximum Gasteiger partial charge on any atom is 0.342 e. The number of hydrogen-bond acceptors (Lipinski definition) is 3. The molecule has 0 aliphatic heterocycles. The SMILES string of the molecule is CCCCOc1ccccc1C(=O)OC1CC[C@@]2(C)C(=CCC3C2CC[C@@]2(C)C3CC[C@@H]2[C@H](C)CCCC(C)C)C1. The van der Waals surface area contributed by atoms with Gasteiger partial charge in [0, 0.05) is 6.42 Å². The number of carbonyl (C=O) groups is 1. The Hall–Kier alpha value is -1.77. The van der Waals surface area contributed by atoms with Gasteiger partial charge in [0.25, 0.3) is 0 Å². The summed E-state index contributed by atoms with van der Waals surface area (Å²) in [6.07, 6.45) is 18.8. The fraction of sp³-hybridized carbons (Fsp3) is 0.763. The minimum absolute atomic E-state index is 0.0292. The molecule has 3 nitrogen and oxygen atoms in total. The van der Waals surface area contributed by atoms with Crippen molar-refractivity contribution in [2.24, 2.45) is 46.3 Å². The second-order valence-electron chi connectivity index (χ2n) is 15.3. The smallest absolute Gasteiger partial charge is 0.342 e. The van der Waals surface area contributed by atoms with Gasteiger partial charge in [-0.2, -0.15) is 0 Å². The van der Waals surface area contributed by atoms with E-state index in [1.165, 1.54) is 51.4 Å². The Balaban J connectivity index is 1.23. The lowest BCUT2D eigenvalue weighted by molar-refractivity contribution is -0.0595. The summed E-state index contributed by atoms with van der Waals surface area (Å²) in [5, 5.41) is 0. The molecule has 4 unspecified atom stereocenters. The van der Waals surface area contributed by atoms with E-state index in [2.05, 4.69) is 47.6 Å². The molecule has 8 atom stereocenters. The van der Waals surface area contributed by atoms with E-state index in [9.17, 15) is 4.79 Å². The summed E-state index contributed by atoms with van der Waals surface area (Å²) in [6.45, 7) is 15.3. The van der Waals surface area contributed by atoms with Crippen molar-refractivity contribution < 1.29 is 14.3 Å². The standard InChI is InChI=1S/C38H58O3/c1-7-8-24-40-35-15-10-9-14-31(35)36(39)41-29-20-22-37(5)28(25-29)16-17-30-33-19-18-32(27(4)13-11-12-26(2)3)38(33,6)23-21-34(30)37/h9-10,14-16,26-27,29-30,32-34H,7-8,11-13,17-25H2,1-6H3/t27-,29?,30?,32-,33?,34?,37+,38-/m1/s1. The lowest BCUT2D eigenvalue weighted by Crippen LogP contribution is -2.51. The van der Waals surface area contributed by atoms with Crippen molar-refractivity contribution in [1.29, 1.82) is 0 Å². The third-order valence-electron chi connectivity index (χ3n) is 12.4. The highest BCUT2D eigenvalue weighted by Crippen LogP contribution is 2.67. The summed E-state index contributed by atoms with van der Waals surface area (Å²) in [5.74, 6) is 5.52. The monoisotopic (exact) mass is 562 g/mol. The maximum atomic E-state index is 13.3. The highest BCUT2D eigenvalue weighted by Gasteiger charge is 2.59. The first-order valence-corrected chi connectivity index (χ1v) is 17.3. The van der Waals surface area contributed by atoms with Gasteiger partial charge in [-0.3, -0.25) is 0 Å². The molecule has 1 aromatic carbocycles. The van der Waals surface area contributed by atoms with Gasteiger partial charge in [0.1, 0.15) is 17.4 Å². The van der Waals surface area contributed by atoms with Crippen molar-refractivity contribution in [2.75, 3.05) is 6.61 Å². The zero-order valence-corrected chi connectivity index (χ0v) is 27.1. The van der Waals surface area contributed by atoms with E-state index in [4.69, 9.17) is 9.47 Å². The van der Waals surface area contributed by atoms with Crippen molar-refractivity contribution in [3.63, 3.8) is 0 Å². The number of esters is 1. The van der Waals surface area contributed by atoms with Gasteiger partial charge >= 0.3 is 5.97 Å². The molecule has 0 saturated heterocycles. The van der Waals surface area contributed by atoms with Gasteiger partial charge in [-0.15, -0.1) is 0 Å². The Morgan fingerprint density at radius 3 is 2.56 bits per heavy atom. The predicted octanol–water partition coefficient (Wildman–Crippen LogP) is 10.4. The average Bonchev–Trinajstić information content (AvgIpc) is 3.30. The zero-order valence-electron chi connectivity index (χ0n) is 27.1. The Labute approximate surface area is 251 Å². The van der Waals surface area contributed by atoms with Crippen LogP contribution in [0.25, 0.3) is 0 Å². The molecule has 4 aliphatic rings. The minimum Gasteiger partial charge on any atom is -0.493 e. The number of allylic oxidation sites excluding steroid dienone is 1. The fourth-order valence-electron chi connectivity index (χ4n) is 10.1. The highest BCUT2D eigenvalue weighted by molar-refractivity contribution is 5.92. The molecule has 3 heteroatoms. The van der Waals surface area contributed by atoms with Crippen LogP contribution in [0, 0.1) is 46.3 Å². The number of rotatable bonds is 11. The van der Waals surface area contributed by atoms with Crippen LogP contribution < -0.4 is 4.74 Å². The molecule has 0 amide bonds. The first kappa shape index (κ1) is 30.7. The molecule has 41 heavy (non-hydrogen) atoms. The number of ether oxygens (including phenoxy) is 2. The van der Waals surface area contributed by atoms with Gasteiger partial charge in [0.05, 0.1) is 6.61 Å². The van der Waals surface area contributed by atoms with E-state index in [0.29, 0.717) is 23.3 Å². The normalized spacial score (nSPS) is 35.2. The molecule has 0 bridgehead atoms. The molecule has 5 rings (SSSR count). The minimum atomic E-state index is -0.229. The quantitative estimate of drug-likeness (QED) is 0.153. The van der Waals surface area contributed by atoms with Crippen LogP contribution in [0.1, 0.15) is 135 Å². The summed E-state index contributed by atoms with van der Waals surface area (Å²) in [5.41, 5.74) is 2.94. The first-order valence-electron chi connectivity index (χ1n) is 17.3. The van der Waals surface area contributed by atoms with Crippen LogP contribution >= 0.6 is 0 Å². The van der Waals surface area contributed by atoms with E-state index in [1.807, 2.05) is 24.3 Å². The average molecular weight is 563 g/mol. The topological polar surface area (TPSA) is 35.5 Å². The Morgan fingerprint density at radius 1 is 0.976 bits per heavy atom. The molecule has 228 valence electrons. The van der Waals surface area contributed by atoms with Gasteiger partial charge < -0.3 is 9.47 Å². The second kappa shape index (κ2) is 12.8. The van der Waals surface area contributed by atoms with Gasteiger partial charge in [0.15, 0.2) is 0 Å². The number of benzene rings is 1. The Kier molecular flexibility index (Phi) is 9.61. The number of para-hydroxylation sites is 1. The molecular formula is C38H58O3. The summed E-state index contributed by atoms with van der Waals surface area (Å²) in [4.78, 5) is 13.3. The third-order valence-corrected chi connectivity index (χ3v) is 12.4. The van der Waals surface area contributed by atoms with Crippen molar-refractivity contribution >= 4 is 5.97 Å². The van der Waals surface area contributed by atoms with Gasteiger partial charge in [-0.25, -0.2) is 4.79 Å². The maximum absolute atomic E-state index is 13.3. The molecule has 0 aromatic heterocycles. The largest absolute Gasteiger partial charge is 0.493 e. The number of carbonyl (C=O) groups excluding carboxylic acids is 1. The molecular weight excluding hydrogens is 504 g/mol. The fourth-order valence-corrected chi connectivity index (χ4v) is 10.1. The lowest BCUT2D eigenvalue weighted by atomic mass is 9.47. The van der Waals surface area contributed by atoms with Crippen LogP contribution in [0.4, 0.5) is 0 Å². The summed E-state index contributed by atoms with van der Waals surface area (Å²) < 4.78 is 12.1. The molecule has 4 aliphatic carbocycles. The number of fused-ring (bicyclic) bond motifs is 5. The van der Waals surface area contributed by atoms with E-state index in [-0.39, 0.29) is 17.5 Å². The van der Waals surface area contributed by atoms with Gasteiger partial charge in [0.2, 0.25) is 0 Å². The third kappa shape index (κ3) is 6.16. The van der Waals surface area contributed by atoms with Crippen molar-refractivity contribution in [2.45, 2.75) is 131 Å². The number of unbranched alkanes of at least 4 members (excludes halogenated alkanes) is 1. The van der Waals surface area contributed by atoms with E-state index >= 15 is 0 Å². The predicted molar refractivity (Wildman–Crippen MR) is 169 cm³/mol. The molecule has 0 spiro atoms. The van der Waals surface area contributed by atoms with Crippen LogP contribution in [-0.4, -0.2) is 18.7 Å². The summed E-state index contributed by atoms with van der Waals surface area (Å²) >= 11 is 0. The molecule has 3 saturated carbocycles.